The Hall–Kier alpha value is -1.91. The lowest BCUT2D eigenvalue weighted by Crippen LogP contribution is -2.24. The van der Waals surface area contributed by atoms with Crippen molar-refractivity contribution in [2.45, 2.75) is 0 Å². The van der Waals surface area contributed by atoms with Crippen molar-refractivity contribution in [2.24, 2.45) is 4.99 Å². The van der Waals surface area contributed by atoms with E-state index in [1.54, 1.807) is 12.1 Å². The van der Waals surface area contributed by atoms with Gasteiger partial charge in [0.15, 0.2) is 0 Å². The molecular formula is C16H10BrClN2O. The first kappa shape index (κ1) is 14.0. The van der Waals surface area contributed by atoms with Crippen LogP contribution in [-0.2, 0) is 4.79 Å². The minimum absolute atomic E-state index is 0.235. The van der Waals surface area contributed by atoms with Crippen LogP contribution in [0.3, 0.4) is 0 Å². The third-order valence-electron chi connectivity index (χ3n) is 3.02. The van der Waals surface area contributed by atoms with Gasteiger partial charge < -0.3 is 5.32 Å². The Bertz CT molecular complexity index is 783. The van der Waals surface area contributed by atoms with E-state index in [4.69, 9.17) is 11.6 Å². The summed E-state index contributed by atoms with van der Waals surface area (Å²) in [6.07, 6.45) is 1.74. The minimum Gasteiger partial charge on any atom is -0.305 e. The van der Waals surface area contributed by atoms with Gasteiger partial charge in [0.2, 0.25) is 0 Å². The molecule has 0 aromatic heterocycles. The van der Waals surface area contributed by atoms with Gasteiger partial charge >= 0.3 is 0 Å². The number of carbonyl (C=O) groups excluding carboxylic acids is 1. The molecule has 2 aromatic carbocycles. The van der Waals surface area contributed by atoms with Crippen molar-refractivity contribution in [2.75, 3.05) is 0 Å². The van der Waals surface area contributed by atoms with Gasteiger partial charge in [-0.05, 0) is 29.8 Å². The summed E-state index contributed by atoms with van der Waals surface area (Å²) >= 11 is 9.58. The van der Waals surface area contributed by atoms with E-state index in [2.05, 4.69) is 26.2 Å². The van der Waals surface area contributed by atoms with Crippen LogP contribution in [0.4, 0.5) is 0 Å². The summed E-state index contributed by atoms with van der Waals surface area (Å²) in [5.41, 5.74) is 1.96. The van der Waals surface area contributed by atoms with Gasteiger partial charge in [-0.15, -0.1) is 0 Å². The van der Waals surface area contributed by atoms with Crippen LogP contribution in [-0.4, -0.2) is 11.7 Å². The molecule has 3 rings (SSSR count). The molecule has 0 bridgehead atoms. The van der Waals surface area contributed by atoms with Crippen LogP contribution in [0.15, 0.2) is 63.7 Å². The van der Waals surface area contributed by atoms with Crippen LogP contribution in [0.2, 0.25) is 5.02 Å². The number of hydrogen-bond donors (Lipinski definition) is 1. The minimum atomic E-state index is -0.235. The Morgan fingerprint density at radius 2 is 1.81 bits per heavy atom. The summed E-state index contributed by atoms with van der Waals surface area (Å²) in [6, 6.07) is 14.9. The number of carbonyl (C=O) groups is 1. The zero-order valence-corrected chi connectivity index (χ0v) is 13.1. The van der Waals surface area contributed by atoms with Crippen LogP contribution in [0.1, 0.15) is 11.1 Å². The Morgan fingerprint density at radius 3 is 2.57 bits per heavy atom. The largest absolute Gasteiger partial charge is 0.305 e. The second-order valence-electron chi connectivity index (χ2n) is 4.45. The number of amides is 1. The van der Waals surface area contributed by atoms with E-state index in [0.29, 0.717) is 22.1 Å². The van der Waals surface area contributed by atoms with Crippen LogP contribution in [0.25, 0.3) is 6.08 Å². The van der Waals surface area contributed by atoms with Gasteiger partial charge in [-0.3, -0.25) is 4.79 Å². The highest BCUT2D eigenvalue weighted by Gasteiger charge is 2.22. The lowest BCUT2D eigenvalue weighted by Gasteiger charge is -2.01. The van der Waals surface area contributed by atoms with Crippen molar-refractivity contribution in [3.05, 3.63) is 74.9 Å². The van der Waals surface area contributed by atoms with Gasteiger partial charge in [0, 0.05) is 10.0 Å². The molecule has 5 heteroatoms. The molecule has 1 aliphatic rings. The van der Waals surface area contributed by atoms with Crippen molar-refractivity contribution in [1.29, 1.82) is 0 Å². The van der Waals surface area contributed by atoms with Gasteiger partial charge in [0.05, 0.1) is 5.02 Å². The fourth-order valence-electron chi connectivity index (χ4n) is 1.99. The molecule has 1 N–H and O–H groups in total. The molecule has 0 spiro atoms. The maximum atomic E-state index is 12.0. The Balaban J connectivity index is 2.00. The second-order valence-corrected chi connectivity index (χ2v) is 5.71. The molecule has 1 heterocycles. The van der Waals surface area contributed by atoms with E-state index in [1.807, 2.05) is 42.5 Å². The third kappa shape index (κ3) is 2.91. The van der Waals surface area contributed by atoms with E-state index in [1.165, 1.54) is 0 Å². The molecule has 0 saturated heterocycles. The molecule has 0 saturated carbocycles. The first-order chi connectivity index (χ1) is 10.1. The fourth-order valence-corrected chi connectivity index (χ4v) is 2.61. The highest BCUT2D eigenvalue weighted by molar-refractivity contribution is 9.10. The average Bonchev–Trinajstić information content (AvgIpc) is 2.83. The highest BCUT2D eigenvalue weighted by Crippen LogP contribution is 2.23. The van der Waals surface area contributed by atoms with E-state index in [9.17, 15) is 4.79 Å². The zero-order valence-electron chi connectivity index (χ0n) is 10.8. The standard InChI is InChI=1S/C16H10BrClN2O/c17-12-7-3-1-5-10(12)9-14-16(21)20-15(19-14)11-6-2-4-8-13(11)18/h1-9H,(H,19,20,21)/b14-9-. The normalized spacial score (nSPS) is 16.0. The number of nitrogens with zero attached hydrogens (tertiary/aromatic N) is 1. The molecule has 0 aliphatic carbocycles. The van der Waals surface area contributed by atoms with Crippen LogP contribution < -0.4 is 5.32 Å². The molecule has 2 aromatic rings. The number of amidine groups is 1. The number of halogens is 2. The van der Waals surface area contributed by atoms with Gasteiger partial charge in [0.1, 0.15) is 11.5 Å². The summed E-state index contributed by atoms with van der Waals surface area (Å²) in [5, 5.41) is 3.30. The first-order valence-corrected chi connectivity index (χ1v) is 7.43. The SMILES string of the molecule is O=C1NC(c2ccccc2Cl)=N/C1=C\c1ccccc1Br. The maximum Gasteiger partial charge on any atom is 0.275 e. The van der Waals surface area contributed by atoms with Crippen molar-refractivity contribution in [1.82, 2.24) is 5.32 Å². The van der Waals surface area contributed by atoms with Gasteiger partial charge in [-0.2, -0.15) is 0 Å². The number of nitrogens with one attached hydrogen (secondary N) is 1. The van der Waals surface area contributed by atoms with Gasteiger partial charge in [-0.1, -0.05) is 57.9 Å². The van der Waals surface area contributed by atoms with E-state index in [-0.39, 0.29) is 5.91 Å². The number of benzene rings is 2. The van der Waals surface area contributed by atoms with Crippen LogP contribution in [0, 0.1) is 0 Å². The van der Waals surface area contributed by atoms with E-state index >= 15 is 0 Å². The molecule has 21 heavy (non-hydrogen) atoms. The van der Waals surface area contributed by atoms with Gasteiger partial charge in [-0.25, -0.2) is 4.99 Å². The Morgan fingerprint density at radius 1 is 1.10 bits per heavy atom. The molecule has 0 unspecified atom stereocenters. The quantitative estimate of drug-likeness (QED) is 0.807. The average molecular weight is 362 g/mol. The highest BCUT2D eigenvalue weighted by atomic mass is 79.9. The molecule has 0 atom stereocenters. The summed E-state index contributed by atoms with van der Waals surface area (Å²) in [5.74, 6) is 0.240. The van der Waals surface area contributed by atoms with Crippen molar-refractivity contribution >= 4 is 45.3 Å². The summed E-state index contributed by atoms with van der Waals surface area (Å²) < 4.78 is 0.909. The molecule has 1 amide bonds. The fraction of sp³-hybridized carbons (Fsp3) is 0. The third-order valence-corrected chi connectivity index (χ3v) is 4.08. The Kier molecular flexibility index (Phi) is 3.90. The number of rotatable bonds is 2. The Labute approximate surface area is 135 Å². The van der Waals surface area contributed by atoms with Crippen molar-refractivity contribution < 1.29 is 4.79 Å². The molecule has 0 radical (unpaired) electrons. The topological polar surface area (TPSA) is 41.5 Å². The van der Waals surface area contributed by atoms with Gasteiger partial charge in [0.25, 0.3) is 5.91 Å². The first-order valence-electron chi connectivity index (χ1n) is 6.26. The molecule has 0 fully saturated rings. The molecule has 3 nitrogen and oxygen atoms in total. The monoisotopic (exact) mass is 360 g/mol. The number of hydrogen-bond acceptors (Lipinski definition) is 2. The summed E-state index contributed by atoms with van der Waals surface area (Å²) in [7, 11) is 0. The lowest BCUT2D eigenvalue weighted by atomic mass is 10.2. The van der Waals surface area contributed by atoms with Crippen LogP contribution in [0.5, 0.6) is 0 Å². The van der Waals surface area contributed by atoms with Crippen molar-refractivity contribution in [3.8, 4) is 0 Å². The predicted octanol–water partition coefficient (Wildman–Crippen LogP) is 4.02. The lowest BCUT2D eigenvalue weighted by molar-refractivity contribution is -0.115. The van der Waals surface area contributed by atoms with E-state index in [0.717, 1.165) is 10.0 Å². The maximum absolute atomic E-state index is 12.0. The molecule has 104 valence electrons. The summed E-state index contributed by atoms with van der Waals surface area (Å²) in [6.45, 7) is 0. The van der Waals surface area contributed by atoms with E-state index < -0.39 is 0 Å². The van der Waals surface area contributed by atoms with Crippen molar-refractivity contribution in [3.63, 3.8) is 0 Å². The number of aliphatic imine (C=N–C) groups is 1. The smallest absolute Gasteiger partial charge is 0.275 e. The molecule has 1 aliphatic heterocycles. The predicted molar refractivity (Wildman–Crippen MR) is 88.3 cm³/mol. The second kappa shape index (κ2) is 5.84. The van der Waals surface area contributed by atoms with Crippen LogP contribution >= 0.6 is 27.5 Å². The zero-order chi connectivity index (χ0) is 14.8. The molecular weight excluding hydrogens is 352 g/mol. The summed E-state index contributed by atoms with van der Waals surface area (Å²) in [4.78, 5) is 16.4.